The number of aromatic nitrogens is 3. The number of nitrogens with one attached hydrogen (secondary N) is 4. The Morgan fingerprint density at radius 1 is 1.25 bits per heavy atom. The number of benzene rings is 1. The third-order valence-corrected chi connectivity index (χ3v) is 4.45. The van der Waals surface area contributed by atoms with Crippen LogP contribution in [0.15, 0.2) is 48.7 Å². The summed E-state index contributed by atoms with van der Waals surface area (Å²) in [7, 11) is 0. The van der Waals surface area contributed by atoms with Crippen molar-refractivity contribution in [2.75, 3.05) is 0 Å². The summed E-state index contributed by atoms with van der Waals surface area (Å²) in [4.78, 5) is 24.4. The minimum atomic E-state index is -0.400. The summed E-state index contributed by atoms with van der Waals surface area (Å²) in [5.74, 6) is 0.0190. The normalized spacial score (nSPS) is 18.9. The van der Waals surface area contributed by atoms with E-state index in [1.165, 1.54) is 12.1 Å². The van der Waals surface area contributed by atoms with E-state index >= 15 is 0 Å². The van der Waals surface area contributed by atoms with Gasteiger partial charge in [-0.3, -0.25) is 9.78 Å². The number of pyridine rings is 1. The van der Waals surface area contributed by atoms with Crippen LogP contribution >= 0.6 is 0 Å². The van der Waals surface area contributed by atoms with E-state index in [4.69, 9.17) is 5.73 Å². The SMILES string of the molecule is NC1CC(C(=O)NCc2nc(-c3cccc(F)c3)c(-c3ccccn3)[nH]2)NN1. The highest BCUT2D eigenvalue weighted by molar-refractivity contribution is 5.82. The number of rotatable bonds is 5. The molecule has 2 aromatic heterocycles. The fourth-order valence-electron chi connectivity index (χ4n) is 3.09. The van der Waals surface area contributed by atoms with Gasteiger partial charge in [-0.1, -0.05) is 18.2 Å². The third-order valence-electron chi connectivity index (χ3n) is 4.45. The molecule has 0 spiro atoms. The second-order valence-corrected chi connectivity index (χ2v) is 6.53. The standard InChI is InChI=1S/C19H20FN7O/c20-12-5-3-4-11(8-12)17-18(13-6-1-2-7-22-13)25-16(24-17)10-23-19(28)14-9-15(21)27-26-14/h1-8,14-15,26-27H,9-10,21H2,(H,23,28)(H,24,25). The lowest BCUT2D eigenvalue weighted by atomic mass is 10.1. The molecule has 8 nitrogen and oxygen atoms in total. The van der Waals surface area contributed by atoms with E-state index in [0.29, 0.717) is 34.9 Å². The van der Waals surface area contributed by atoms with Crippen molar-refractivity contribution in [2.24, 2.45) is 5.73 Å². The van der Waals surface area contributed by atoms with E-state index < -0.39 is 6.04 Å². The van der Waals surface area contributed by atoms with Crippen molar-refractivity contribution in [1.82, 2.24) is 31.1 Å². The first kappa shape index (κ1) is 18.2. The number of carbonyl (C=O) groups excluding carboxylic acids is 1. The highest BCUT2D eigenvalue weighted by Gasteiger charge is 2.27. The first-order valence-corrected chi connectivity index (χ1v) is 8.91. The van der Waals surface area contributed by atoms with Crippen LogP contribution in [0.2, 0.25) is 0 Å². The van der Waals surface area contributed by atoms with Crippen LogP contribution in [0.5, 0.6) is 0 Å². The molecule has 28 heavy (non-hydrogen) atoms. The van der Waals surface area contributed by atoms with Gasteiger partial charge in [0.25, 0.3) is 0 Å². The highest BCUT2D eigenvalue weighted by atomic mass is 19.1. The van der Waals surface area contributed by atoms with E-state index in [0.717, 1.165) is 0 Å². The first-order chi connectivity index (χ1) is 13.6. The van der Waals surface area contributed by atoms with Gasteiger partial charge < -0.3 is 16.0 Å². The number of carbonyl (C=O) groups is 1. The molecule has 3 aromatic rings. The monoisotopic (exact) mass is 381 g/mol. The molecule has 1 aliphatic rings. The van der Waals surface area contributed by atoms with E-state index in [1.807, 2.05) is 18.2 Å². The van der Waals surface area contributed by atoms with Crippen LogP contribution in [0.3, 0.4) is 0 Å². The highest BCUT2D eigenvalue weighted by Crippen LogP contribution is 2.29. The van der Waals surface area contributed by atoms with Gasteiger partial charge in [0.05, 0.1) is 29.8 Å². The molecule has 1 aliphatic heterocycles. The Bertz CT molecular complexity index is 975. The number of amides is 1. The average molecular weight is 381 g/mol. The van der Waals surface area contributed by atoms with E-state index in [2.05, 4.69) is 31.1 Å². The molecule has 1 amide bonds. The number of halogens is 1. The zero-order valence-corrected chi connectivity index (χ0v) is 14.9. The fourth-order valence-corrected chi connectivity index (χ4v) is 3.09. The molecule has 0 bridgehead atoms. The molecular weight excluding hydrogens is 361 g/mol. The van der Waals surface area contributed by atoms with Crippen molar-refractivity contribution in [3.63, 3.8) is 0 Å². The summed E-state index contributed by atoms with van der Waals surface area (Å²) in [6.45, 7) is 0.196. The van der Waals surface area contributed by atoms with Gasteiger partial charge in [-0.25, -0.2) is 20.2 Å². The quantitative estimate of drug-likeness (QED) is 0.450. The largest absolute Gasteiger partial charge is 0.347 e. The lowest BCUT2D eigenvalue weighted by Crippen LogP contribution is -2.43. The minimum absolute atomic E-state index is 0.177. The Balaban J connectivity index is 1.59. The molecule has 0 aliphatic carbocycles. The molecule has 1 saturated heterocycles. The molecule has 4 rings (SSSR count). The molecule has 3 heterocycles. The molecule has 2 unspecified atom stereocenters. The lowest BCUT2D eigenvalue weighted by Gasteiger charge is -2.09. The van der Waals surface area contributed by atoms with Gasteiger partial charge in [0.2, 0.25) is 5.91 Å². The van der Waals surface area contributed by atoms with Gasteiger partial charge in [0.15, 0.2) is 0 Å². The van der Waals surface area contributed by atoms with E-state index in [-0.39, 0.29) is 24.4 Å². The average Bonchev–Trinajstić information content (AvgIpc) is 3.33. The summed E-state index contributed by atoms with van der Waals surface area (Å²) in [5, 5.41) is 2.83. The van der Waals surface area contributed by atoms with Crippen LogP contribution in [-0.4, -0.2) is 33.1 Å². The summed E-state index contributed by atoms with van der Waals surface area (Å²) in [6, 6.07) is 11.3. The van der Waals surface area contributed by atoms with Crippen molar-refractivity contribution < 1.29 is 9.18 Å². The molecule has 1 fully saturated rings. The molecular formula is C19H20FN7O. The minimum Gasteiger partial charge on any atom is -0.347 e. The molecule has 0 radical (unpaired) electrons. The van der Waals surface area contributed by atoms with E-state index in [9.17, 15) is 9.18 Å². The van der Waals surface area contributed by atoms with Gasteiger partial charge in [-0.05, 0) is 24.3 Å². The van der Waals surface area contributed by atoms with Crippen LogP contribution in [0, 0.1) is 5.82 Å². The van der Waals surface area contributed by atoms with Gasteiger partial charge in [-0.15, -0.1) is 0 Å². The van der Waals surface area contributed by atoms with Crippen LogP contribution in [0.25, 0.3) is 22.6 Å². The molecule has 9 heteroatoms. The Hall–Kier alpha value is -3.14. The predicted octanol–water partition coefficient (Wildman–Crippen LogP) is 1.05. The van der Waals surface area contributed by atoms with Crippen molar-refractivity contribution in [1.29, 1.82) is 0 Å². The Labute approximate surface area is 160 Å². The number of hydrogen-bond acceptors (Lipinski definition) is 6. The molecule has 144 valence electrons. The summed E-state index contributed by atoms with van der Waals surface area (Å²) >= 11 is 0. The van der Waals surface area contributed by atoms with Crippen molar-refractivity contribution in [3.8, 4) is 22.6 Å². The number of imidazole rings is 1. The van der Waals surface area contributed by atoms with Gasteiger partial charge in [-0.2, -0.15) is 0 Å². The molecule has 2 atom stereocenters. The number of nitrogens with two attached hydrogens (primary N) is 1. The van der Waals surface area contributed by atoms with E-state index in [1.54, 1.807) is 18.3 Å². The number of hydrogen-bond donors (Lipinski definition) is 5. The first-order valence-electron chi connectivity index (χ1n) is 8.91. The number of nitrogens with zero attached hydrogens (tertiary/aromatic N) is 2. The number of aromatic amines is 1. The lowest BCUT2D eigenvalue weighted by molar-refractivity contribution is -0.123. The van der Waals surface area contributed by atoms with Crippen molar-refractivity contribution in [3.05, 3.63) is 60.3 Å². The fraction of sp³-hybridized carbons (Fsp3) is 0.211. The summed E-state index contributed by atoms with van der Waals surface area (Å²) in [5.41, 5.74) is 13.9. The summed E-state index contributed by atoms with van der Waals surface area (Å²) < 4.78 is 13.7. The van der Waals surface area contributed by atoms with Gasteiger partial charge >= 0.3 is 0 Å². The Kier molecular flexibility index (Phi) is 5.11. The Morgan fingerprint density at radius 2 is 2.14 bits per heavy atom. The molecule has 0 saturated carbocycles. The predicted molar refractivity (Wildman–Crippen MR) is 102 cm³/mol. The smallest absolute Gasteiger partial charge is 0.238 e. The molecule has 1 aromatic carbocycles. The van der Waals surface area contributed by atoms with Crippen LogP contribution in [0.4, 0.5) is 4.39 Å². The maximum absolute atomic E-state index is 13.7. The third kappa shape index (κ3) is 3.91. The zero-order chi connectivity index (χ0) is 19.5. The topological polar surface area (TPSA) is 121 Å². The van der Waals surface area contributed by atoms with Crippen molar-refractivity contribution in [2.45, 2.75) is 25.2 Å². The second-order valence-electron chi connectivity index (χ2n) is 6.53. The second kappa shape index (κ2) is 7.85. The van der Waals surface area contributed by atoms with Gasteiger partial charge in [0.1, 0.15) is 17.7 Å². The van der Waals surface area contributed by atoms with Gasteiger partial charge in [0, 0.05) is 18.2 Å². The van der Waals surface area contributed by atoms with Crippen molar-refractivity contribution >= 4 is 5.91 Å². The number of H-pyrrole nitrogens is 1. The zero-order valence-electron chi connectivity index (χ0n) is 14.9. The maximum atomic E-state index is 13.7. The Morgan fingerprint density at radius 3 is 2.86 bits per heavy atom. The van der Waals surface area contributed by atoms with Crippen LogP contribution in [0.1, 0.15) is 12.2 Å². The maximum Gasteiger partial charge on any atom is 0.238 e. The molecule has 6 N–H and O–H groups in total. The van der Waals surface area contributed by atoms with Crippen LogP contribution < -0.4 is 21.9 Å². The van der Waals surface area contributed by atoms with Crippen LogP contribution in [-0.2, 0) is 11.3 Å². The number of hydrazine groups is 1. The summed E-state index contributed by atoms with van der Waals surface area (Å²) in [6.07, 6.45) is 1.92.